The summed E-state index contributed by atoms with van der Waals surface area (Å²) < 4.78 is 14.8. The van der Waals surface area contributed by atoms with Crippen LogP contribution in [-0.2, 0) is 40.1 Å². The van der Waals surface area contributed by atoms with Crippen LogP contribution in [0.2, 0.25) is 0 Å². The largest absolute Gasteiger partial charge is 0.459 e. The highest BCUT2D eigenvalue weighted by Crippen LogP contribution is 2.54. The van der Waals surface area contributed by atoms with E-state index in [1.165, 1.54) is 41.8 Å². The third-order valence-corrected chi connectivity index (χ3v) is 8.35. The van der Waals surface area contributed by atoms with Crippen LogP contribution in [0.5, 0.6) is 11.5 Å². The molecule has 2 aliphatic rings. The molecule has 222 valence electrons. The SMILES string of the molecule is CC(=O)Oc1ccc(C(N)C(=O)N[C@@]2(NC=O)C(=O)N3[C@@H](C(=O)OCc4ccccc4)C(C)(C)S[C@@H]32)cc1OC(C)=O. The molecule has 0 spiro atoms. The summed E-state index contributed by atoms with van der Waals surface area (Å²) in [6, 6.07) is 10.6. The lowest BCUT2D eigenvalue weighted by Crippen LogP contribution is -2.85. The number of nitrogens with zero attached hydrogens (tertiary/aromatic N) is 1. The van der Waals surface area contributed by atoms with Crippen molar-refractivity contribution in [2.75, 3.05) is 0 Å². The van der Waals surface area contributed by atoms with Crippen molar-refractivity contribution in [3.8, 4) is 11.5 Å². The molecule has 42 heavy (non-hydrogen) atoms. The number of amides is 3. The van der Waals surface area contributed by atoms with Gasteiger partial charge in [0, 0.05) is 18.6 Å². The average Bonchev–Trinajstić information content (AvgIpc) is 3.20. The second kappa shape index (κ2) is 11.8. The number of benzene rings is 2. The van der Waals surface area contributed by atoms with E-state index >= 15 is 0 Å². The van der Waals surface area contributed by atoms with E-state index in [-0.39, 0.29) is 30.1 Å². The number of carbonyl (C=O) groups is 6. The topological polar surface area (TPSA) is 183 Å². The van der Waals surface area contributed by atoms with E-state index in [1.807, 2.05) is 18.2 Å². The summed E-state index contributed by atoms with van der Waals surface area (Å²) in [5.74, 6) is -3.76. The minimum Gasteiger partial charge on any atom is -0.459 e. The Labute approximate surface area is 245 Å². The van der Waals surface area contributed by atoms with Crippen LogP contribution in [0.15, 0.2) is 48.5 Å². The monoisotopic (exact) mass is 598 g/mol. The van der Waals surface area contributed by atoms with Crippen molar-refractivity contribution in [2.24, 2.45) is 5.73 Å². The molecule has 2 heterocycles. The van der Waals surface area contributed by atoms with Crippen LogP contribution in [0, 0.1) is 0 Å². The van der Waals surface area contributed by atoms with Gasteiger partial charge < -0.3 is 35.5 Å². The Balaban J connectivity index is 1.54. The van der Waals surface area contributed by atoms with Gasteiger partial charge in [-0.15, -0.1) is 11.8 Å². The maximum absolute atomic E-state index is 13.6. The van der Waals surface area contributed by atoms with Gasteiger partial charge in [-0.05, 0) is 37.1 Å². The standard InChI is InChI=1S/C28H30N4O9S/c1-15(34)40-19-11-10-18(12-20(19)41-16(2)35)21(29)23(36)31-28(30-14-33)25(38)32-22(27(3,4)42-26(28)32)24(37)39-13-17-8-6-5-7-9-17/h5-12,14,21-22,26H,13,29H2,1-4H3,(H,30,33)(H,31,36)/t21?,22-,26+,28-/m0/s1. The number of thioether (sulfide) groups is 1. The van der Waals surface area contributed by atoms with E-state index in [0.29, 0.717) is 0 Å². The number of rotatable bonds is 10. The highest BCUT2D eigenvalue weighted by Gasteiger charge is 2.72. The van der Waals surface area contributed by atoms with Gasteiger partial charge in [-0.25, -0.2) is 4.79 Å². The Bertz CT molecular complexity index is 1430. The second-order valence-corrected chi connectivity index (χ2v) is 11.9. The first-order valence-corrected chi connectivity index (χ1v) is 13.7. The molecule has 0 saturated carbocycles. The van der Waals surface area contributed by atoms with Crippen molar-refractivity contribution in [3.63, 3.8) is 0 Å². The van der Waals surface area contributed by atoms with E-state index in [0.717, 1.165) is 12.5 Å². The molecule has 1 unspecified atom stereocenters. The van der Waals surface area contributed by atoms with Crippen molar-refractivity contribution < 1.29 is 43.0 Å². The lowest BCUT2D eigenvalue weighted by molar-refractivity contribution is -0.174. The van der Waals surface area contributed by atoms with Crippen LogP contribution in [0.1, 0.15) is 44.9 Å². The Morgan fingerprint density at radius 2 is 1.69 bits per heavy atom. The molecule has 2 aromatic rings. The summed E-state index contributed by atoms with van der Waals surface area (Å²) >= 11 is 1.21. The number of carbonyl (C=O) groups excluding carboxylic acids is 6. The number of hydrogen-bond donors (Lipinski definition) is 3. The zero-order valence-electron chi connectivity index (χ0n) is 23.2. The zero-order valence-corrected chi connectivity index (χ0v) is 24.1. The lowest BCUT2D eigenvalue weighted by atomic mass is 9.90. The van der Waals surface area contributed by atoms with Crippen molar-refractivity contribution in [1.82, 2.24) is 15.5 Å². The Morgan fingerprint density at radius 3 is 2.31 bits per heavy atom. The summed E-state index contributed by atoms with van der Waals surface area (Å²) in [4.78, 5) is 76.0. The first-order chi connectivity index (χ1) is 19.8. The molecule has 3 amide bonds. The predicted molar refractivity (Wildman–Crippen MR) is 148 cm³/mol. The number of ether oxygens (including phenoxy) is 3. The normalized spacial score (nSPS) is 22.6. The van der Waals surface area contributed by atoms with E-state index in [4.69, 9.17) is 19.9 Å². The fraction of sp³-hybridized carbons (Fsp3) is 0.357. The molecule has 0 aromatic heterocycles. The first-order valence-electron chi connectivity index (χ1n) is 12.8. The van der Waals surface area contributed by atoms with Gasteiger partial charge in [0.2, 0.25) is 18.0 Å². The Kier molecular flexibility index (Phi) is 8.59. The molecular weight excluding hydrogens is 568 g/mol. The summed E-state index contributed by atoms with van der Waals surface area (Å²) in [5, 5.41) is 4.12. The third kappa shape index (κ3) is 5.81. The van der Waals surface area contributed by atoms with Crippen LogP contribution in [0.3, 0.4) is 0 Å². The molecule has 0 radical (unpaired) electrons. The summed E-state index contributed by atoms with van der Waals surface area (Å²) in [5.41, 5.74) is 5.24. The molecule has 2 aliphatic heterocycles. The second-order valence-electron chi connectivity index (χ2n) is 10.2. The van der Waals surface area contributed by atoms with Gasteiger partial charge >= 0.3 is 17.9 Å². The summed E-state index contributed by atoms with van der Waals surface area (Å²) in [6.45, 7) is 5.85. The van der Waals surface area contributed by atoms with Crippen LogP contribution >= 0.6 is 11.8 Å². The third-order valence-electron chi connectivity index (χ3n) is 6.72. The lowest BCUT2D eigenvalue weighted by Gasteiger charge is -2.52. The van der Waals surface area contributed by atoms with E-state index in [1.54, 1.807) is 26.0 Å². The molecule has 2 saturated heterocycles. The van der Waals surface area contributed by atoms with Crippen LogP contribution in [0.25, 0.3) is 0 Å². The van der Waals surface area contributed by atoms with E-state index < -0.39 is 57.6 Å². The van der Waals surface area contributed by atoms with Gasteiger partial charge in [-0.3, -0.25) is 24.0 Å². The molecule has 4 rings (SSSR count). The molecular formula is C28H30N4O9S. The molecule has 0 aliphatic carbocycles. The summed E-state index contributed by atoms with van der Waals surface area (Å²) in [7, 11) is 0. The number of esters is 3. The van der Waals surface area contributed by atoms with Gasteiger partial charge in [-0.1, -0.05) is 36.4 Å². The van der Waals surface area contributed by atoms with E-state index in [2.05, 4.69) is 10.6 Å². The molecule has 0 bridgehead atoms. The number of hydrogen-bond acceptors (Lipinski definition) is 11. The summed E-state index contributed by atoms with van der Waals surface area (Å²) in [6.07, 6.45) is 0.280. The zero-order chi connectivity index (χ0) is 30.8. The minimum atomic E-state index is -1.89. The van der Waals surface area contributed by atoms with Crippen molar-refractivity contribution in [3.05, 3.63) is 59.7 Å². The van der Waals surface area contributed by atoms with Gasteiger partial charge in [-0.2, -0.15) is 0 Å². The van der Waals surface area contributed by atoms with Gasteiger partial charge in [0.25, 0.3) is 5.91 Å². The molecule has 4 N–H and O–H groups in total. The number of fused-ring (bicyclic) bond motifs is 1. The predicted octanol–water partition coefficient (Wildman–Crippen LogP) is 0.901. The van der Waals surface area contributed by atoms with E-state index in [9.17, 15) is 28.8 Å². The molecule has 4 atom stereocenters. The highest BCUT2D eigenvalue weighted by molar-refractivity contribution is 8.01. The number of nitrogens with two attached hydrogens (primary N) is 1. The maximum atomic E-state index is 13.6. The van der Waals surface area contributed by atoms with Crippen LogP contribution in [-0.4, -0.2) is 62.9 Å². The smallest absolute Gasteiger partial charge is 0.330 e. The fourth-order valence-electron chi connectivity index (χ4n) is 4.84. The minimum absolute atomic E-state index is 0.0124. The molecule has 13 nitrogen and oxygen atoms in total. The highest BCUT2D eigenvalue weighted by atomic mass is 32.2. The van der Waals surface area contributed by atoms with Crippen molar-refractivity contribution in [1.29, 1.82) is 0 Å². The quantitative estimate of drug-likeness (QED) is 0.116. The maximum Gasteiger partial charge on any atom is 0.330 e. The van der Waals surface area contributed by atoms with Gasteiger partial charge in [0.1, 0.15) is 24.1 Å². The first kappa shape index (κ1) is 30.5. The van der Waals surface area contributed by atoms with Gasteiger partial charge in [0.15, 0.2) is 11.5 Å². The average molecular weight is 599 g/mol. The van der Waals surface area contributed by atoms with Crippen molar-refractivity contribution >= 4 is 47.9 Å². The number of nitrogens with one attached hydrogen (secondary N) is 2. The Hall–Kier alpha value is -4.43. The molecule has 2 fully saturated rings. The van der Waals surface area contributed by atoms with Gasteiger partial charge in [0.05, 0.1) is 0 Å². The number of β-lactam (4-membered cyclic amide) rings is 1. The fourth-order valence-corrected chi connectivity index (χ4v) is 6.49. The van der Waals surface area contributed by atoms with Crippen molar-refractivity contribution in [2.45, 2.75) is 62.2 Å². The Morgan fingerprint density at radius 1 is 1.05 bits per heavy atom. The molecule has 2 aromatic carbocycles. The van der Waals surface area contributed by atoms with Crippen LogP contribution < -0.4 is 25.8 Å². The molecule has 14 heteroatoms. The van der Waals surface area contributed by atoms with Crippen LogP contribution in [0.4, 0.5) is 0 Å².